The minimum Gasteiger partial charge on any atom is -0.497 e. The van der Waals surface area contributed by atoms with Crippen LogP contribution in [-0.4, -0.2) is 31.8 Å². The van der Waals surface area contributed by atoms with E-state index in [-0.39, 0.29) is 6.54 Å². The van der Waals surface area contributed by atoms with Crippen LogP contribution in [0.25, 0.3) is 0 Å². The summed E-state index contributed by atoms with van der Waals surface area (Å²) in [6.07, 6.45) is -2.83. The van der Waals surface area contributed by atoms with Gasteiger partial charge in [0.1, 0.15) is 5.75 Å². The largest absolute Gasteiger partial charge is 0.497 e. The standard InChI is InChI=1S/C14H19F3N2O2/c1-21-12-7-5-10(6-8-12)3-2-4-11(18)9-19-13(20)14(15,16)17/h5-8,11H,2-4,9,18H2,1H3,(H,19,20). The molecule has 1 rings (SSSR count). The van der Waals surface area contributed by atoms with E-state index < -0.39 is 18.1 Å². The van der Waals surface area contributed by atoms with Gasteiger partial charge in [0.15, 0.2) is 0 Å². The fraction of sp³-hybridized carbons (Fsp3) is 0.500. The molecular weight excluding hydrogens is 285 g/mol. The van der Waals surface area contributed by atoms with Crippen molar-refractivity contribution in [2.24, 2.45) is 5.73 Å². The van der Waals surface area contributed by atoms with Crippen molar-refractivity contribution in [2.45, 2.75) is 31.5 Å². The topological polar surface area (TPSA) is 64.3 Å². The molecule has 0 aromatic heterocycles. The van der Waals surface area contributed by atoms with Crippen LogP contribution in [0.2, 0.25) is 0 Å². The lowest BCUT2D eigenvalue weighted by Crippen LogP contribution is -2.43. The number of benzene rings is 1. The lowest BCUT2D eigenvalue weighted by molar-refractivity contribution is -0.173. The molecule has 0 heterocycles. The number of carbonyl (C=O) groups excluding carboxylic acids is 1. The molecule has 1 aromatic rings. The van der Waals surface area contributed by atoms with Crippen LogP contribution in [-0.2, 0) is 11.2 Å². The molecule has 118 valence electrons. The summed E-state index contributed by atoms with van der Waals surface area (Å²) >= 11 is 0. The second-order valence-electron chi connectivity index (χ2n) is 4.71. The SMILES string of the molecule is COc1ccc(CCCC(N)CNC(=O)C(F)(F)F)cc1. The molecule has 0 saturated carbocycles. The van der Waals surface area contributed by atoms with Gasteiger partial charge in [-0.2, -0.15) is 13.2 Å². The van der Waals surface area contributed by atoms with Crippen molar-refractivity contribution in [3.8, 4) is 5.75 Å². The van der Waals surface area contributed by atoms with Gasteiger partial charge in [-0.25, -0.2) is 0 Å². The molecule has 1 atom stereocenters. The maximum absolute atomic E-state index is 12.0. The van der Waals surface area contributed by atoms with Crippen LogP contribution in [0.5, 0.6) is 5.75 Å². The number of hydrogen-bond donors (Lipinski definition) is 2. The van der Waals surface area contributed by atoms with E-state index in [1.165, 1.54) is 0 Å². The number of ether oxygens (including phenoxy) is 1. The lowest BCUT2D eigenvalue weighted by Gasteiger charge is -2.13. The Labute approximate surface area is 121 Å². The van der Waals surface area contributed by atoms with Crippen molar-refractivity contribution >= 4 is 5.91 Å². The molecule has 1 unspecified atom stereocenters. The molecule has 0 aliphatic rings. The number of carbonyl (C=O) groups is 1. The second-order valence-corrected chi connectivity index (χ2v) is 4.71. The van der Waals surface area contributed by atoms with E-state index in [9.17, 15) is 18.0 Å². The Morgan fingerprint density at radius 2 is 1.95 bits per heavy atom. The third kappa shape index (κ3) is 6.48. The Kier molecular flexibility index (Phi) is 6.48. The molecule has 0 aliphatic carbocycles. The third-order valence-electron chi connectivity index (χ3n) is 2.98. The zero-order valence-electron chi connectivity index (χ0n) is 11.7. The first-order chi connectivity index (χ1) is 9.82. The minimum absolute atomic E-state index is 0.180. The van der Waals surface area contributed by atoms with Crippen LogP contribution >= 0.6 is 0 Å². The lowest BCUT2D eigenvalue weighted by atomic mass is 10.0. The van der Waals surface area contributed by atoms with Gasteiger partial charge in [0, 0.05) is 12.6 Å². The molecule has 0 fully saturated rings. The van der Waals surface area contributed by atoms with E-state index >= 15 is 0 Å². The number of aryl methyl sites for hydroxylation is 1. The highest BCUT2D eigenvalue weighted by Crippen LogP contribution is 2.15. The Bertz CT molecular complexity index is 447. The molecule has 21 heavy (non-hydrogen) atoms. The predicted octanol–water partition coefficient (Wildman–Crippen LogP) is 2.02. The number of halogens is 3. The molecule has 1 amide bonds. The van der Waals surface area contributed by atoms with E-state index in [0.29, 0.717) is 6.42 Å². The Balaban J connectivity index is 2.24. The average molecular weight is 304 g/mol. The van der Waals surface area contributed by atoms with E-state index in [1.54, 1.807) is 12.4 Å². The summed E-state index contributed by atoms with van der Waals surface area (Å²) in [5, 5.41) is 1.78. The van der Waals surface area contributed by atoms with Crippen LogP contribution in [0.3, 0.4) is 0 Å². The number of amides is 1. The van der Waals surface area contributed by atoms with Crippen LogP contribution in [0.1, 0.15) is 18.4 Å². The summed E-state index contributed by atoms with van der Waals surface area (Å²) in [5.74, 6) is -1.18. The second kappa shape index (κ2) is 7.87. The molecule has 3 N–H and O–H groups in total. The molecule has 0 bridgehead atoms. The van der Waals surface area contributed by atoms with E-state index in [4.69, 9.17) is 10.5 Å². The van der Waals surface area contributed by atoms with Crippen molar-refractivity contribution in [3.05, 3.63) is 29.8 Å². The van der Waals surface area contributed by atoms with Crippen molar-refractivity contribution in [1.82, 2.24) is 5.32 Å². The summed E-state index contributed by atoms with van der Waals surface area (Å²) in [6.45, 7) is -0.180. The number of alkyl halides is 3. The van der Waals surface area contributed by atoms with Crippen LogP contribution in [0.4, 0.5) is 13.2 Å². The van der Waals surface area contributed by atoms with Crippen molar-refractivity contribution in [3.63, 3.8) is 0 Å². The van der Waals surface area contributed by atoms with Crippen molar-refractivity contribution in [1.29, 1.82) is 0 Å². The van der Waals surface area contributed by atoms with Gasteiger partial charge in [0.05, 0.1) is 7.11 Å². The number of nitrogens with one attached hydrogen (secondary N) is 1. The van der Waals surface area contributed by atoms with Crippen LogP contribution in [0.15, 0.2) is 24.3 Å². The van der Waals surface area contributed by atoms with E-state index in [2.05, 4.69) is 0 Å². The van der Waals surface area contributed by atoms with Crippen LogP contribution in [0, 0.1) is 0 Å². The third-order valence-corrected chi connectivity index (χ3v) is 2.98. The number of nitrogens with two attached hydrogens (primary N) is 1. The Morgan fingerprint density at radius 3 is 2.48 bits per heavy atom. The summed E-state index contributed by atoms with van der Waals surface area (Å²) < 4.78 is 41.0. The van der Waals surface area contributed by atoms with Gasteiger partial charge in [0.25, 0.3) is 0 Å². The maximum Gasteiger partial charge on any atom is 0.471 e. The quantitative estimate of drug-likeness (QED) is 0.810. The number of hydrogen-bond acceptors (Lipinski definition) is 3. The maximum atomic E-state index is 12.0. The van der Waals surface area contributed by atoms with Gasteiger partial charge in [-0.15, -0.1) is 0 Å². The van der Waals surface area contributed by atoms with Gasteiger partial charge in [-0.3, -0.25) is 4.79 Å². The van der Waals surface area contributed by atoms with Gasteiger partial charge in [-0.1, -0.05) is 12.1 Å². The van der Waals surface area contributed by atoms with Gasteiger partial charge in [-0.05, 0) is 37.0 Å². The average Bonchev–Trinajstić information content (AvgIpc) is 2.44. The van der Waals surface area contributed by atoms with Gasteiger partial charge in [0.2, 0.25) is 0 Å². The van der Waals surface area contributed by atoms with Crippen LogP contribution < -0.4 is 15.8 Å². The van der Waals surface area contributed by atoms with Gasteiger partial charge >= 0.3 is 12.1 Å². The monoisotopic (exact) mass is 304 g/mol. The predicted molar refractivity (Wildman–Crippen MR) is 73.0 cm³/mol. The molecule has 1 aromatic carbocycles. The highest BCUT2D eigenvalue weighted by molar-refractivity contribution is 5.81. The molecule has 0 spiro atoms. The smallest absolute Gasteiger partial charge is 0.471 e. The Hall–Kier alpha value is -1.76. The zero-order valence-corrected chi connectivity index (χ0v) is 11.7. The number of methoxy groups -OCH3 is 1. The first-order valence-electron chi connectivity index (χ1n) is 6.56. The molecule has 0 aliphatic heterocycles. The minimum atomic E-state index is -4.86. The first-order valence-corrected chi connectivity index (χ1v) is 6.56. The van der Waals surface area contributed by atoms with E-state index in [1.807, 2.05) is 24.3 Å². The molecular formula is C14H19F3N2O2. The summed E-state index contributed by atoms with van der Waals surface area (Å²) in [5.41, 5.74) is 6.77. The number of rotatable bonds is 7. The first kappa shape index (κ1) is 17.3. The summed E-state index contributed by atoms with van der Waals surface area (Å²) in [6, 6.07) is 7.05. The zero-order chi connectivity index (χ0) is 15.9. The molecule has 0 radical (unpaired) electrons. The van der Waals surface area contributed by atoms with E-state index in [0.717, 1.165) is 24.2 Å². The molecule has 0 saturated heterocycles. The summed E-state index contributed by atoms with van der Waals surface area (Å²) in [7, 11) is 1.59. The molecule has 7 heteroatoms. The van der Waals surface area contributed by atoms with Crippen molar-refractivity contribution < 1.29 is 22.7 Å². The Morgan fingerprint density at radius 1 is 1.33 bits per heavy atom. The van der Waals surface area contributed by atoms with Crippen molar-refractivity contribution in [2.75, 3.05) is 13.7 Å². The molecule has 4 nitrogen and oxygen atoms in total. The highest BCUT2D eigenvalue weighted by Gasteiger charge is 2.38. The highest BCUT2D eigenvalue weighted by atomic mass is 19.4. The summed E-state index contributed by atoms with van der Waals surface area (Å²) in [4.78, 5) is 10.6. The normalized spacial score (nSPS) is 12.8. The fourth-order valence-corrected chi connectivity index (χ4v) is 1.79. The fourth-order valence-electron chi connectivity index (χ4n) is 1.79. The van der Waals surface area contributed by atoms with Gasteiger partial charge < -0.3 is 15.8 Å².